The number of ether oxygens (including phenoxy) is 1. The molecule has 2 aromatic heterocycles. The van der Waals surface area contributed by atoms with Gasteiger partial charge in [0.15, 0.2) is 11.6 Å². The van der Waals surface area contributed by atoms with Crippen LogP contribution >= 0.6 is 11.6 Å². The number of carbonyl (C=O) groups excluding carboxylic acids is 1. The number of nitrogens with one attached hydrogen (secondary N) is 1. The number of halogens is 6. The van der Waals surface area contributed by atoms with E-state index in [0.717, 1.165) is 6.07 Å². The molecule has 1 aromatic carbocycles. The van der Waals surface area contributed by atoms with Crippen LogP contribution < -0.4 is 10.1 Å². The SMILES string of the molecule is CC(NC(=O)c1cc(Cl)cc(C(F)(F)F)c1)c1nccnc1-c1ncc(OCC(F)F)cn1. The zero-order valence-corrected chi connectivity index (χ0v) is 17.5. The Bertz CT molecular complexity index is 1130. The third-order valence-electron chi connectivity index (χ3n) is 4.19. The van der Waals surface area contributed by atoms with Crippen molar-refractivity contribution in [1.82, 2.24) is 25.3 Å². The number of alkyl halides is 5. The fraction of sp³-hybridized carbons (Fsp3) is 0.250. The van der Waals surface area contributed by atoms with E-state index in [4.69, 9.17) is 16.3 Å². The molecule has 7 nitrogen and oxygen atoms in total. The molecular weight excluding hydrogens is 473 g/mol. The molecule has 0 radical (unpaired) electrons. The Morgan fingerprint density at radius 2 is 1.76 bits per heavy atom. The lowest BCUT2D eigenvalue weighted by molar-refractivity contribution is -0.137. The van der Waals surface area contributed by atoms with Gasteiger partial charge in [0.1, 0.15) is 12.3 Å². The van der Waals surface area contributed by atoms with Gasteiger partial charge in [0, 0.05) is 23.0 Å². The van der Waals surface area contributed by atoms with Crippen LogP contribution in [0.1, 0.15) is 34.6 Å². The van der Waals surface area contributed by atoms with Crippen molar-refractivity contribution < 1.29 is 31.5 Å². The Morgan fingerprint density at radius 3 is 2.39 bits per heavy atom. The highest BCUT2D eigenvalue weighted by Gasteiger charge is 2.32. The van der Waals surface area contributed by atoms with E-state index in [1.165, 1.54) is 24.8 Å². The summed E-state index contributed by atoms with van der Waals surface area (Å²) in [6.07, 6.45) is -2.28. The average Bonchev–Trinajstić information content (AvgIpc) is 2.77. The van der Waals surface area contributed by atoms with Crippen LogP contribution in [-0.2, 0) is 6.18 Å². The monoisotopic (exact) mass is 487 g/mol. The van der Waals surface area contributed by atoms with Crippen LogP contribution in [-0.4, -0.2) is 38.9 Å². The standard InChI is InChI=1S/C20H15ClF5N5O2/c1-10(31-19(32)11-4-12(20(24,25)26)6-13(21)5-11)16-17(28-3-2-27-16)18-29-7-14(8-30-18)33-9-15(22)23/h2-8,10,15H,9H2,1H3,(H,31,32). The lowest BCUT2D eigenvalue weighted by Gasteiger charge is -2.16. The smallest absolute Gasteiger partial charge is 0.416 e. The van der Waals surface area contributed by atoms with Crippen LogP contribution in [0.5, 0.6) is 5.75 Å². The van der Waals surface area contributed by atoms with Gasteiger partial charge in [0.2, 0.25) is 0 Å². The highest BCUT2D eigenvalue weighted by atomic mass is 35.5. The predicted molar refractivity (Wildman–Crippen MR) is 107 cm³/mol. The molecule has 174 valence electrons. The molecule has 0 spiro atoms. The summed E-state index contributed by atoms with van der Waals surface area (Å²) < 4.78 is 68.4. The number of nitrogens with zero attached hydrogens (tertiary/aromatic N) is 4. The number of aromatic nitrogens is 4. The van der Waals surface area contributed by atoms with Crippen molar-refractivity contribution in [2.24, 2.45) is 0 Å². The summed E-state index contributed by atoms with van der Waals surface area (Å²) in [6, 6.07) is 1.70. The van der Waals surface area contributed by atoms with Crippen molar-refractivity contribution >= 4 is 17.5 Å². The predicted octanol–water partition coefficient (Wildman–Crippen LogP) is 4.74. The second-order valence-electron chi connectivity index (χ2n) is 6.66. The molecule has 0 aliphatic rings. The van der Waals surface area contributed by atoms with E-state index in [1.54, 1.807) is 6.92 Å². The van der Waals surface area contributed by atoms with Crippen LogP contribution in [0.3, 0.4) is 0 Å². The highest BCUT2D eigenvalue weighted by molar-refractivity contribution is 6.31. The van der Waals surface area contributed by atoms with Crippen molar-refractivity contribution in [1.29, 1.82) is 0 Å². The maximum absolute atomic E-state index is 13.0. The number of carbonyl (C=O) groups is 1. The van der Waals surface area contributed by atoms with E-state index in [9.17, 15) is 26.7 Å². The first kappa shape index (κ1) is 24.2. The molecule has 0 bridgehead atoms. The zero-order valence-electron chi connectivity index (χ0n) is 16.8. The number of hydrogen-bond acceptors (Lipinski definition) is 6. The minimum atomic E-state index is -4.67. The molecule has 0 aliphatic carbocycles. The van der Waals surface area contributed by atoms with Gasteiger partial charge in [-0.15, -0.1) is 0 Å². The summed E-state index contributed by atoms with van der Waals surface area (Å²) >= 11 is 5.74. The van der Waals surface area contributed by atoms with E-state index >= 15 is 0 Å². The summed E-state index contributed by atoms with van der Waals surface area (Å²) in [7, 11) is 0. The first-order valence-electron chi connectivity index (χ1n) is 9.27. The van der Waals surface area contributed by atoms with Gasteiger partial charge in [0.05, 0.1) is 29.7 Å². The van der Waals surface area contributed by atoms with E-state index in [1.807, 2.05) is 0 Å². The third kappa shape index (κ3) is 6.31. The summed E-state index contributed by atoms with van der Waals surface area (Å²) in [5, 5.41) is 2.30. The molecule has 33 heavy (non-hydrogen) atoms. The van der Waals surface area contributed by atoms with Gasteiger partial charge >= 0.3 is 6.18 Å². The molecular formula is C20H15ClF5N5O2. The highest BCUT2D eigenvalue weighted by Crippen LogP contribution is 2.32. The Balaban J connectivity index is 1.81. The van der Waals surface area contributed by atoms with Gasteiger partial charge in [-0.05, 0) is 25.1 Å². The Hall–Kier alpha value is -3.41. The Labute approximate surface area is 189 Å². The molecule has 1 N–H and O–H groups in total. The normalized spacial score (nSPS) is 12.5. The third-order valence-corrected chi connectivity index (χ3v) is 4.41. The van der Waals surface area contributed by atoms with Crippen molar-refractivity contribution in [3.8, 4) is 17.3 Å². The number of rotatable bonds is 7. The fourth-order valence-electron chi connectivity index (χ4n) is 2.74. The first-order valence-corrected chi connectivity index (χ1v) is 9.65. The fourth-order valence-corrected chi connectivity index (χ4v) is 2.98. The Kier molecular flexibility index (Phi) is 7.36. The first-order chi connectivity index (χ1) is 15.5. The van der Waals surface area contributed by atoms with Gasteiger partial charge in [-0.1, -0.05) is 11.6 Å². The van der Waals surface area contributed by atoms with Crippen LogP contribution in [0.25, 0.3) is 11.5 Å². The molecule has 1 atom stereocenters. The lowest BCUT2D eigenvalue weighted by atomic mass is 10.1. The van der Waals surface area contributed by atoms with E-state index in [0.29, 0.717) is 12.1 Å². The molecule has 0 aliphatic heterocycles. The molecule has 2 heterocycles. The minimum Gasteiger partial charge on any atom is -0.484 e. The summed E-state index contributed by atoms with van der Waals surface area (Å²) in [5.41, 5.74) is -0.947. The van der Waals surface area contributed by atoms with Crippen molar-refractivity contribution in [2.45, 2.75) is 25.6 Å². The van der Waals surface area contributed by atoms with Crippen LogP contribution in [0.15, 0.2) is 43.0 Å². The van der Waals surface area contributed by atoms with E-state index in [-0.39, 0.29) is 33.5 Å². The summed E-state index contributed by atoms with van der Waals surface area (Å²) in [6.45, 7) is 0.725. The minimum absolute atomic E-state index is 0.0206. The number of amides is 1. The van der Waals surface area contributed by atoms with Gasteiger partial charge < -0.3 is 10.1 Å². The van der Waals surface area contributed by atoms with Crippen molar-refractivity contribution in [2.75, 3.05) is 6.61 Å². The Morgan fingerprint density at radius 1 is 1.09 bits per heavy atom. The van der Waals surface area contributed by atoms with Crippen LogP contribution in [0, 0.1) is 0 Å². The zero-order chi connectivity index (χ0) is 24.2. The van der Waals surface area contributed by atoms with Crippen molar-refractivity contribution in [3.63, 3.8) is 0 Å². The second-order valence-corrected chi connectivity index (χ2v) is 7.09. The molecule has 1 amide bonds. The topological polar surface area (TPSA) is 89.9 Å². The molecule has 3 aromatic rings. The van der Waals surface area contributed by atoms with E-state index < -0.39 is 36.7 Å². The molecule has 0 saturated carbocycles. The molecule has 0 saturated heterocycles. The van der Waals surface area contributed by atoms with E-state index in [2.05, 4.69) is 25.3 Å². The maximum Gasteiger partial charge on any atom is 0.416 e. The van der Waals surface area contributed by atoms with Gasteiger partial charge in [-0.3, -0.25) is 9.78 Å². The average molecular weight is 488 g/mol. The van der Waals surface area contributed by atoms with Crippen LogP contribution in [0.2, 0.25) is 5.02 Å². The largest absolute Gasteiger partial charge is 0.484 e. The number of benzene rings is 1. The number of hydrogen-bond donors (Lipinski definition) is 1. The quantitative estimate of drug-likeness (QED) is 0.484. The van der Waals surface area contributed by atoms with Gasteiger partial charge in [0.25, 0.3) is 12.3 Å². The van der Waals surface area contributed by atoms with Crippen molar-refractivity contribution in [3.05, 3.63) is 64.8 Å². The molecule has 3 rings (SSSR count). The molecule has 13 heteroatoms. The summed E-state index contributed by atoms with van der Waals surface area (Å²) in [5.74, 6) is -0.721. The molecule has 1 unspecified atom stereocenters. The van der Waals surface area contributed by atoms with Gasteiger partial charge in [-0.25, -0.2) is 23.7 Å². The molecule has 0 fully saturated rings. The maximum atomic E-state index is 13.0. The summed E-state index contributed by atoms with van der Waals surface area (Å²) in [4.78, 5) is 28.9. The van der Waals surface area contributed by atoms with Crippen LogP contribution in [0.4, 0.5) is 22.0 Å². The second kappa shape index (κ2) is 10.0. The van der Waals surface area contributed by atoms with Gasteiger partial charge in [-0.2, -0.15) is 13.2 Å². The lowest BCUT2D eigenvalue weighted by Crippen LogP contribution is -2.28.